The first-order valence-corrected chi connectivity index (χ1v) is 7.71. The maximum absolute atomic E-state index is 12.4. The number of ether oxygens (including phenoxy) is 1. The third-order valence-corrected chi connectivity index (χ3v) is 3.90. The van der Waals surface area contributed by atoms with Crippen LogP contribution in [-0.4, -0.2) is 29.7 Å². The zero-order valence-corrected chi connectivity index (χ0v) is 13.4. The van der Waals surface area contributed by atoms with E-state index in [1.165, 1.54) is 0 Å². The van der Waals surface area contributed by atoms with Crippen LogP contribution in [0.4, 0.5) is 4.79 Å². The van der Waals surface area contributed by atoms with Crippen molar-refractivity contribution in [2.75, 3.05) is 13.7 Å². The molecule has 2 aromatic rings. The van der Waals surface area contributed by atoms with Crippen LogP contribution in [0, 0.1) is 6.92 Å². The summed E-state index contributed by atoms with van der Waals surface area (Å²) in [6.07, 6.45) is 1.86. The summed E-state index contributed by atoms with van der Waals surface area (Å²) in [5, 5.41) is 6.68. The SMILES string of the molecule is COCc1ccc([C@@H]2CCCN2C(=O)NCc2cc(C)no2)o1. The molecule has 1 fully saturated rings. The van der Waals surface area contributed by atoms with Crippen molar-refractivity contribution in [2.45, 2.75) is 39.0 Å². The Kier molecular flexibility index (Phi) is 4.66. The van der Waals surface area contributed by atoms with Crippen LogP contribution < -0.4 is 5.32 Å². The fourth-order valence-corrected chi connectivity index (χ4v) is 2.86. The lowest BCUT2D eigenvalue weighted by Gasteiger charge is -2.23. The van der Waals surface area contributed by atoms with Crippen molar-refractivity contribution >= 4 is 6.03 Å². The number of urea groups is 1. The van der Waals surface area contributed by atoms with Gasteiger partial charge in [0.1, 0.15) is 18.1 Å². The van der Waals surface area contributed by atoms with Crippen molar-refractivity contribution in [3.8, 4) is 0 Å². The monoisotopic (exact) mass is 319 g/mol. The van der Waals surface area contributed by atoms with Gasteiger partial charge in [0, 0.05) is 19.7 Å². The van der Waals surface area contributed by atoms with Crippen molar-refractivity contribution in [3.05, 3.63) is 41.2 Å². The van der Waals surface area contributed by atoms with Gasteiger partial charge in [-0.1, -0.05) is 5.16 Å². The minimum absolute atomic E-state index is 0.0305. The summed E-state index contributed by atoms with van der Waals surface area (Å²) in [5.74, 6) is 2.22. The zero-order valence-electron chi connectivity index (χ0n) is 13.4. The Hall–Kier alpha value is -2.28. The molecule has 124 valence electrons. The van der Waals surface area contributed by atoms with Crippen LogP contribution in [0.2, 0.25) is 0 Å². The number of nitrogens with one attached hydrogen (secondary N) is 1. The quantitative estimate of drug-likeness (QED) is 0.916. The van der Waals surface area contributed by atoms with Gasteiger partial charge in [-0.15, -0.1) is 0 Å². The molecule has 2 aromatic heterocycles. The maximum atomic E-state index is 12.4. The summed E-state index contributed by atoms with van der Waals surface area (Å²) in [6.45, 7) is 3.33. The van der Waals surface area contributed by atoms with Gasteiger partial charge in [-0.2, -0.15) is 0 Å². The Labute approximate surface area is 134 Å². The fourth-order valence-electron chi connectivity index (χ4n) is 2.86. The molecule has 2 amide bonds. The highest BCUT2D eigenvalue weighted by Gasteiger charge is 2.32. The summed E-state index contributed by atoms with van der Waals surface area (Å²) in [6, 6.07) is 5.48. The highest BCUT2D eigenvalue weighted by Crippen LogP contribution is 2.33. The summed E-state index contributed by atoms with van der Waals surface area (Å²) in [5.41, 5.74) is 0.801. The number of carbonyl (C=O) groups excluding carboxylic acids is 1. The van der Waals surface area contributed by atoms with Crippen molar-refractivity contribution in [1.82, 2.24) is 15.4 Å². The molecule has 0 radical (unpaired) electrons. The van der Waals surface area contributed by atoms with Gasteiger partial charge in [0.25, 0.3) is 0 Å². The van der Waals surface area contributed by atoms with Crippen LogP contribution in [0.5, 0.6) is 0 Å². The standard InChI is InChI=1S/C16H21N3O4/c1-11-8-13(23-18-11)9-17-16(20)19-7-3-4-14(19)15-6-5-12(22-15)10-21-2/h5-6,8,14H,3-4,7,9-10H2,1-2H3,(H,17,20)/t14-/m0/s1. The van der Waals surface area contributed by atoms with Crippen molar-refractivity contribution < 1.29 is 18.5 Å². The first-order valence-electron chi connectivity index (χ1n) is 7.71. The number of aryl methyl sites for hydroxylation is 1. The van der Waals surface area contributed by atoms with E-state index in [0.29, 0.717) is 25.5 Å². The van der Waals surface area contributed by atoms with E-state index in [2.05, 4.69) is 10.5 Å². The van der Waals surface area contributed by atoms with Crippen LogP contribution in [0.3, 0.4) is 0 Å². The Balaban J connectivity index is 1.62. The van der Waals surface area contributed by atoms with Gasteiger partial charge in [-0.05, 0) is 31.9 Å². The van der Waals surface area contributed by atoms with E-state index in [-0.39, 0.29) is 12.1 Å². The molecule has 3 rings (SSSR count). The number of amides is 2. The third kappa shape index (κ3) is 3.56. The molecule has 23 heavy (non-hydrogen) atoms. The molecule has 0 bridgehead atoms. The molecule has 0 aliphatic carbocycles. The fraction of sp³-hybridized carbons (Fsp3) is 0.500. The van der Waals surface area contributed by atoms with E-state index in [0.717, 1.165) is 30.1 Å². The van der Waals surface area contributed by atoms with Gasteiger partial charge in [-0.25, -0.2) is 4.79 Å². The lowest BCUT2D eigenvalue weighted by Crippen LogP contribution is -2.39. The highest BCUT2D eigenvalue weighted by molar-refractivity contribution is 5.74. The number of nitrogens with zero attached hydrogens (tertiary/aromatic N) is 2. The van der Waals surface area contributed by atoms with Crippen molar-refractivity contribution in [2.24, 2.45) is 0 Å². The summed E-state index contributed by atoms with van der Waals surface area (Å²) >= 11 is 0. The molecule has 0 aromatic carbocycles. The number of furan rings is 1. The second-order valence-electron chi connectivity index (χ2n) is 5.68. The normalized spacial score (nSPS) is 17.7. The number of carbonyl (C=O) groups is 1. The van der Waals surface area contributed by atoms with Crippen LogP contribution in [0.25, 0.3) is 0 Å². The zero-order chi connectivity index (χ0) is 16.2. The molecule has 1 aliphatic rings. The lowest BCUT2D eigenvalue weighted by atomic mass is 10.2. The second kappa shape index (κ2) is 6.87. The van der Waals surface area contributed by atoms with Gasteiger partial charge in [-0.3, -0.25) is 0 Å². The van der Waals surface area contributed by atoms with E-state index in [9.17, 15) is 4.79 Å². The van der Waals surface area contributed by atoms with Gasteiger partial charge in [0.15, 0.2) is 5.76 Å². The van der Waals surface area contributed by atoms with Crippen molar-refractivity contribution in [3.63, 3.8) is 0 Å². The van der Waals surface area contributed by atoms with Gasteiger partial charge in [0.05, 0.1) is 18.3 Å². The Morgan fingerprint density at radius 3 is 3.09 bits per heavy atom. The Morgan fingerprint density at radius 2 is 2.35 bits per heavy atom. The predicted molar refractivity (Wildman–Crippen MR) is 81.6 cm³/mol. The molecule has 1 atom stereocenters. The first kappa shape index (κ1) is 15.6. The molecule has 7 nitrogen and oxygen atoms in total. The van der Waals surface area contributed by atoms with Crippen LogP contribution in [0.15, 0.2) is 27.1 Å². The minimum atomic E-state index is -0.119. The highest BCUT2D eigenvalue weighted by atomic mass is 16.5. The largest absolute Gasteiger partial charge is 0.461 e. The lowest BCUT2D eigenvalue weighted by molar-refractivity contribution is 0.156. The Morgan fingerprint density at radius 1 is 1.48 bits per heavy atom. The van der Waals surface area contributed by atoms with Crippen LogP contribution in [-0.2, 0) is 17.9 Å². The van der Waals surface area contributed by atoms with Crippen LogP contribution in [0.1, 0.15) is 41.9 Å². The number of hydrogen-bond acceptors (Lipinski definition) is 5. The summed E-state index contributed by atoms with van der Waals surface area (Å²) in [4.78, 5) is 14.2. The molecule has 1 aliphatic heterocycles. The summed E-state index contributed by atoms with van der Waals surface area (Å²) in [7, 11) is 1.63. The third-order valence-electron chi connectivity index (χ3n) is 3.90. The molecular weight excluding hydrogens is 298 g/mol. The van der Waals surface area contributed by atoms with Gasteiger partial charge >= 0.3 is 6.03 Å². The number of hydrogen-bond donors (Lipinski definition) is 1. The smallest absolute Gasteiger partial charge is 0.318 e. The molecule has 0 saturated carbocycles. The van der Waals surface area contributed by atoms with E-state index < -0.39 is 0 Å². The topological polar surface area (TPSA) is 80.7 Å². The molecule has 0 spiro atoms. The van der Waals surface area contributed by atoms with E-state index in [4.69, 9.17) is 13.7 Å². The van der Waals surface area contributed by atoms with Gasteiger partial charge in [0.2, 0.25) is 0 Å². The minimum Gasteiger partial charge on any atom is -0.461 e. The van der Waals surface area contributed by atoms with E-state index >= 15 is 0 Å². The van der Waals surface area contributed by atoms with Gasteiger partial charge < -0.3 is 23.9 Å². The number of rotatable bonds is 5. The van der Waals surface area contributed by atoms with E-state index in [1.807, 2.05) is 25.1 Å². The number of aromatic nitrogens is 1. The molecule has 1 N–H and O–H groups in total. The predicted octanol–water partition coefficient (Wildman–Crippen LogP) is 2.77. The maximum Gasteiger partial charge on any atom is 0.318 e. The van der Waals surface area contributed by atoms with Crippen molar-refractivity contribution in [1.29, 1.82) is 0 Å². The van der Waals surface area contributed by atoms with E-state index in [1.54, 1.807) is 12.0 Å². The first-order chi connectivity index (χ1) is 11.2. The van der Waals surface area contributed by atoms with Crippen LogP contribution >= 0.6 is 0 Å². The molecule has 1 saturated heterocycles. The number of methoxy groups -OCH3 is 1. The molecule has 7 heteroatoms. The summed E-state index contributed by atoms with van der Waals surface area (Å²) < 4.78 is 15.9. The molecule has 3 heterocycles. The molecular formula is C16H21N3O4. The average Bonchev–Trinajstić information content (AvgIpc) is 3.24. The molecule has 0 unspecified atom stereocenters. The Bertz CT molecular complexity index is 664. The number of likely N-dealkylation sites (tertiary alicyclic amines) is 1. The average molecular weight is 319 g/mol. The second-order valence-corrected chi connectivity index (χ2v) is 5.68.